The minimum Gasteiger partial charge on any atom is -0.423 e. The number of pyridine rings is 1. The summed E-state index contributed by atoms with van der Waals surface area (Å²) in [5, 5.41) is 20.1. The molecule has 0 aliphatic rings. The summed E-state index contributed by atoms with van der Waals surface area (Å²) in [6.45, 7) is 8.45. The number of aromatic nitrogens is 1. The number of aryl methyl sites for hydroxylation is 1. The summed E-state index contributed by atoms with van der Waals surface area (Å²) in [6, 6.07) is 3.27. The van der Waals surface area contributed by atoms with E-state index in [4.69, 9.17) is 10.4 Å². The highest BCUT2D eigenvalue weighted by atomic mass is 16.5. The molecule has 0 spiro atoms. The third-order valence-corrected chi connectivity index (χ3v) is 3.29. The summed E-state index contributed by atoms with van der Waals surface area (Å²) in [5.41, 5.74) is 4.72. The maximum absolute atomic E-state index is 10.1. The molecule has 1 aromatic rings. The molecule has 0 atom stereocenters. The topological polar surface area (TPSA) is 88.6 Å². The SMILES string of the molecule is Cc1nc(N)ccc1B(O)OC(C)(C)C(C)(C)O. The van der Waals surface area contributed by atoms with E-state index in [0.29, 0.717) is 17.0 Å². The molecule has 0 fully saturated rings. The number of nitrogen functional groups attached to an aromatic ring is 1. The van der Waals surface area contributed by atoms with Crippen LogP contribution in [0.4, 0.5) is 5.82 Å². The third-order valence-electron chi connectivity index (χ3n) is 3.29. The molecule has 0 aliphatic carbocycles. The number of rotatable bonds is 4. The van der Waals surface area contributed by atoms with E-state index < -0.39 is 18.3 Å². The molecule has 0 aromatic carbocycles. The number of nitrogens with two attached hydrogens (primary N) is 1. The van der Waals surface area contributed by atoms with Gasteiger partial charge in [-0.2, -0.15) is 0 Å². The molecule has 0 amide bonds. The second-order valence-electron chi connectivity index (χ2n) is 5.45. The molecule has 18 heavy (non-hydrogen) atoms. The van der Waals surface area contributed by atoms with Gasteiger partial charge < -0.3 is 20.5 Å². The summed E-state index contributed by atoms with van der Waals surface area (Å²) >= 11 is 0. The van der Waals surface area contributed by atoms with Crippen LogP contribution in [-0.4, -0.2) is 33.4 Å². The van der Waals surface area contributed by atoms with E-state index in [1.807, 2.05) is 0 Å². The van der Waals surface area contributed by atoms with Crippen molar-refractivity contribution in [2.75, 3.05) is 5.73 Å². The third kappa shape index (κ3) is 3.22. The molecule has 0 saturated heterocycles. The lowest BCUT2D eigenvalue weighted by atomic mass is 9.75. The van der Waals surface area contributed by atoms with Crippen molar-refractivity contribution in [1.29, 1.82) is 0 Å². The maximum atomic E-state index is 10.1. The average molecular weight is 252 g/mol. The predicted octanol–water partition coefficient (Wildman–Crippen LogP) is 0.226. The second kappa shape index (κ2) is 4.88. The van der Waals surface area contributed by atoms with Crippen molar-refractivity contribution in [3.05, 3.63) is 17.8 Å². The Bertz CT molecular complexity index is 430. The number of aliphatic hydroxyl groups is 1. The van der Waals surface area contributed by atoms with Crippen LogP contribution in [0.25, 0.3) is 0 Å². The van der Waals surface area contributed by atoms with Crippen LogP contribution in [0.5, 0.6) is 0 Å². The van der Waals surface area contributed by atoms with Crippen molar-refractivity contribution in [2.45, 2.75) is 45.8 Å². The zero-order valence-corrected chi connectivity index (χ0v) is 11.6. The van der Waals surface area contributed by atoms with Gasteiger partial charge in [-0.3, -0.25) is 0 Å². The van der Waals surface area contributed by atoms with E-state index in [2.05, 4.69) is 4.98 Å². The van der Waals surface area contributed by atoms with Gasteiger partial charge in [-0.25, -0.2) is 4.98 Å². The first-order valence-electron chi connectivity index (χ1n) is 5.86. The normalized spacial score (nSPS) is 12.6. The minimum atomic E-state index is -1.15. The Morgan fingerprint density at radius 2 is 1.83 bits per heavy atom. The van der Waals surface area contributed by atoms with Crippen LogP contribution in [0.15, 0.2) is 12.1 Å². The van der Waals surface area contributed by atoms with Gasteiger partial charge in [-0.1, -0.05) is 6.07 Å². The summed E-state index contributed by atoms with van der Waals surface area (Å²) in [5.74, 6) is 0.394. The fourth-order valence-corrected chi connectivity index (χ4v) is 1.34. The highest BCUT2D eigenvalue weighted by Crippen LogP contribution is 2.25. The Morgan fingerprint density at radius 3 is 2.28 bits per heavy atom. The molecule has 0 unspecified atom stereocenters. The smallest absolute Gasteiger partial charge is 0.423 e. The van der Waals surface area contributed by atoms with Crippen LogP contribution >= 0.6 is 0 Å². The molecule has 100 valence electrons. The lowest BCUT2D eigenvalue weighted by Crippen LogP contribution is -2.53. The van der Waals surface area contributed by atoms with Gasteiger partial charge in [0.25, 0.3) is 0 Å². The Hall–Kier alpha value is -1.11. The molecular weight excluding hydrogens is 231 g/mol. The fourth-order valence-electron chi connectivity index (χ4n) is 1.34. The summed E-state index contributed by atoms with van der Waals surface area (Å²) in [4.78, 5) is 4.06. The van der Waals surface area contributed by atoms with Crippen LogP contribution < -0.4 is 11.2 Å². The van der Waals surface area contributed by atoms with Gasteiger partial charge in [-0.05, 0) is 40.7 Å². The van der Waals surface area contributed by atoms with Crippen LogP contribution in [0, 0.1) is 6.92 Å². The Kier molecular flexibility index (Phi) is 4.05. The molecule has 1 rings (SSSR count). The fraction of sp³-hybridized carbons (Fsp3) is 0.583. The van der Waals surface area contributed by atoms with Crippen LogP contribution in [0.2, 0.25) is 0 Å². The van der Waals surface area contributed by atoms with Gasteiger partial charge in [-0.15, -0.1) is 0 Å². The summed E-state index contributed by atoms with van der Waals surface area (Å²) in [6.07, 6.45) is 0. The maximum Gasteiger partial charge on any atom is 0.493 e. The summed E-state index contributed by atoms with van der Waals surface area (Å²) in [7, 11) is -1.15. The number of nitrogens with zero attached hydrogens (tertiary/aromatic N) is 1. The molecule has 0 aliphatic heterocycles. The van der Waals surface area contributed by atoms with E-state index in [0.717, 1.165) is 0 Å². The first-order valence-corrected chi connectivity index (χ1v) is 5.86. The van der Waals surface area contributed by atoms with Crippen molar-refractivity contribution in [3.63, 3.8) is 0 Å². The van der Waals surface area contributed by atoms with E-state index in [1.165, 1.54) is 0 Å². The first kappa shape index (κ1) is 15.0. The average Bonchev–Trinajstić information content (AvgIpc) is 2.14. The molecule has 6 heteroatoms. The highest BCUT2D eigenvalue weighted by molar-refractivity contribution is 6.60. The van der Waals surface area contributed by atoms with Crippen LogP contribution in [-0.2, 0) is 4.65 Å². The monoisotopic (exact) mass is 252 g/mol. The molecule has 5 nitrogen and oxygen atoms in total. The zero-order valence-electron chi connectivity index (χ0n) is 11.6. The van der Waals surface area contributed by atoms with E-state index in [9.17, 15) is 10.1 Å². The van der Waals surface area contributed by atoms with Gasteiger partial charge in [0.05, 0.1) is 11.2 Å². The van der Waals surface area contributed by atoms with Crippen molar-refractivity contribution in [3.8, 4) is 0 Å². The molecular formula is C12H21BN2O3. The molecule has 4 N–H and O–H groups in total. The van der Waals surface area contributed by atoms with Crippen molar-refractivity contribution in [2.24, 2.45) is 0 Å². The van der Waals surface area contributed by atoms with E-state index in [1.54, 1.807) is 46.8 Å². The van der Waals surface area contributed by atoms with Gasteiger partial charge in [0.2, 0.25) is 0 Å². The van der Waals surface area contributed by atoms with Crippen molar-refractivity contribution in [1.82, 2.24) is 4.98 Å². The molecule has 0 saturated carbocycles. The zero-order chi connectivity index (χ0) is 14.1. The minimum absolute atomic E-state index is 0.394. The lowest BCUT2D eigenvalue weighted by molar-refractivity contribution is -0.0982. The van der Waals surface area contributed by atoms with Crippen molar-refractivity contribution >= 4 is 18.4 Å². The largest absolute Gasteiger partial charge is 0.493 e. The molecule has 0 radical (unpaired) electrons. The summed E-state index contributed by atoms with van der Waals surface area (Å²) < 4.78 is 5.53. The second-order valence-corrected chi connectivity index (χ2v) is 5.45. The quantitative estimate of drug-likeness (QED) is 0.667. The first-order chi connectivity index (χ1) is 8.04. The van der Waals surface area contributed by atoms with Gasteiger partial charge in [0.15, 0.2) is 0 Å². The highest BCUT2D eigenvalue weighted by Gasteiger charge is 2.39. The van der Waals surface area contributed by atoms with Crippen LogP contribution in [0.3, 0.4) is 0 Å². The molecule has 1 aromatic heterocycles. The van der Waals surface area contributed by atoms with E-state index in [-0.39, 0.29) is 0 Å². The number of hydrogen-bond donors (Lipinski definition) is 3. The van der Waals surface area contributed by atoms with E-state index >= 15 is 0 Å². The van der Waals surface area contributed by atoms with Gasteiger partial charge in [0, 0.05) is 11.2 Å². The Labute approximate surface area is 108 Å². The molecule has 0 bridgehead atoms. The van der Waals surface area contributed by atoms with Gasteiger partial charge >= 0.3 is 7.12 Å². The number of anilines is 1. The lowest BCUT2D eigenvalue weighted by Gasteiger charge is -2.38. The van der Waals surface area contributed by atoms with Crippen LogP contribution in [0.1, 0.15) is 33.4 Å². The Balaban J connectivity index is 2.92. The standard InChI is InChI=1S/C12H21BN2O3/c1-8-9(6-7-10(14)15-8)13(17)18-12(4,5)11(2,3)16/h6-7,16-17H,1-5H3,(H2,14,15). The Morgan fingerprint density at radius 1 is 1.28 bits per heavy atom. The van der Waals surface area contributed by atoms with Crippen molar-refractivity contribution < 1.29 is 14.8 Å². The number of hydrogen-bond acceptors (Lipinski definition) is 5. The van der Waals surface area contributed by atoms with Gasteiger partial charge in [0.1, 0.15) is 5.82 Å². The predicted molar refractivity (Wildman–Crippen MR) is 72.5 cm³/mol. The molecule has 1 heterocycles.